The average Bonchev–Trinajstić information content (AvgIpc) is 2.40. The van der Waals surface area contributed by atoms with E-state index in [1.165, 1.54) is 0 Å². The Balaban J connectivity index is 0.00000361. The van der Waals surface area contributed by atoms with E-state index in [4.69, 9.17) is 5.73 Å². The van der Waals surface area contributed by atoms with Crippen LogP contribution in [0.2, 0.25) is 0 Å². The van der Waals surface area contributed by atoms with E-state index in [0.717, 1.165) is 0 Å². The fraction of sp³-hybridized carbons (Fsp3) is 0.429. The lowest BCUT2D eigenvalue weighted by atomic mass is 10.1. The molecule has 0 radical (unpaired) electrons. The summed E-state index contributed by atoms with van der Waals surface area (Å²) in [6.07, 6.45) is 0. The van der Waals surface area contributed by atoms with Crippen molar-refractivity contribution < 1.29 is 9.59 Å². The lowest BCUT2D eigenvalue weighted by Crippen LogP contribution is -2.33. The first-order chi connectivity index (χ1) is 8.99. The summed E-state index contributed by atoms with van der Waals surface area (Å²) in [6, 6.07) is 6.30. The van der Waals surface area contributed by atoms with Crippen LogP contribution in [0.3, 0.4) is 0 Å². The highest BCUT2D eigenvalue weighted by molar-refractivity contribution is 5.98. The molecule has 0 saturated carbocycles. The quantitative estimate of drug-likeness (QED) is 0.871. The van der Waals surface area contributed by atoms with Crippen LogP contribution in [0.15, 0.2) is 24.3 Å². The predicted octanol–water partition coefficient (Wildman–Crippen LogP) is 1.88. The molecule has 5 nitrogen and oxygen atoms in total. The number of nitrogens with zero attached hydrogens (tertiary/aromatic N) is 1. The highest BCUT2D eigenvalue weighted by atomic mass is 35.5. The summed E-state index contributed by atoms with van der Waals surface area (Å²) in [6.45, 7) is 6.80. The van der Waals surface area contributed by atoms with Crippen molar-refractivity contribution in [3.8, 4) is 0 Å². The maximum atomic E-state index is 12.2. The molecule has 0 aliphatic rings. The number of carbonyl (C=O) groups is 2. The Kier molecular flexibility index (Phi) is 7.87. The molecule has 1 atom stereocenters. The van der Waals surface area contributed by atoms with Gasteiger partial charge in [-0.3, -0.25) is 9.59 Å². The lowest BCUT2D eigenvalue weighted by molar-refractivity contribution is -0.117. The van der Waals surface area contributed by atoms with E-state index in [9.17, 15) is 9.59 Å². The largest absolute Gasteiger partial charge is 0.339 e. The van der Waals surface area contributed by atoms with Crippen molar-refractivity contribution in [1.82, 2.24) is 4.90 Å². The summed E-state index contributed by atoms with van der Waals surface area (Å²) in [5.74, 6) is -0.311. The van der Waals surface area contributed by atoms with Crippen LogP contribution in [0, 0.1) is 0 Å². The van der Waals surface area contributed by atoms with Gasteiger partial charge in [-0.1, -0.05) is 6.07 Å². The second-order valence-corrected chi connectivity index (χ2v) is 4.34. The molecule has 20 heavy (non-hydrogen) atoms. The van der Waals surface area contributed by atoms with Crippen LogP contribution in [0.4, 0.5) is 5.69 Å². The van der Waals surface area contributed by atoms with Crippen LogP contribution in [-0.2, 0) is 4.79 Å². The molecule has 0 bridgehead atoms. The number of nitrogens with two attached hydrogens (primary N) is 1. The maximum absolute atomic E-state index is 12.2. The van der Waals surface area contributed by atoms with E-state index in [0.29, 0.717) is 24.3 Å². The van der Waals surface area contributed by atoms with Crippen molar-refractivity contribution in [3.05, 3.63) is 29.8 Å². The zero-order valence-electron chi connectivity index (χ0n) is 12.1. The molecule has 1 unspecified atom stereocenters. The Hall–Kier alpha value is -1.59. The molecule has 3 N–H and O–H groups in total. The third-order valence-corrected chi connectivity index (χ3v) is 2.84. The molecule has 2 amide bonds. The highest BCUT2D eigenvalue weighted by Crippen LogP contribution is 2.13. The van der Waals surface area contributed by atoms with E-state index in [1.807, 2.05) is 13.8 Å². The van der Waals surface area contributed by atoms with E-state index in [2.05, 4.69) is 5.32 Å². The van der Waals surface area contributed by atoms with E-state index in [-0.39, 0.29) is 24.2 Å². The second-order valence-electron chi connectivity index (χ2n) is 4.34. The molecule has 0 aliphatic heterocycles. The van der Waals surface area contributed by atoms with Gasteiger partial charge in [0.05, 0.1) is 6.04 Å². The van der Waals surface area contributed by atoms with Gasteiger partial charge in [0.25, 0.3) is 5.91 Å². The van der Waals surface area contributed by atoms with Crippen LogP contribution >= 0.6 is 12.4 Å². The topological polar surface area (TPSA) is 75.4 Å². The Labute approximate surface area is 125 Å². The summed E-state index contributed by atoms with van der Waals surface area (Å²) in [7, 11) is 0. The second kappa shape index (κ2) is 8.55. The van der Waals surface area contributed by atoms with Crippen LogP contribution in [0.5, 0.6) is 0 Å². The number of hydrogen-bond acceptors (Lipinski definition) is 3. The average molecular weight is 300 g/mol. The number of carbonyl (C=O) groups excluding carboxylic acids is 2. The first-order valence-electron chi connectivity index (χ1n) is 6.45. The van der Waals surface area contributed by atoms with Gasteiger partial charge >= 0.3 is 0 Å². The Morgan fingerprint density at radius 2 is 1.90 bits per heavy atom. The molecule has 1 aromatic rings. The molecule has 1 aromatic carbocycles. The molecule has 1 rings (SSSR count). The number of hydrogen-bond donors (Lipinski definition) is 2. The first kappa shape index (κ1) is 18.4. The number of benzene rings is 1. The van der Waals surface area contributed by atoms with Crippen molar-refractivity contribution in [3.63, 3.8) is 0 Å². The van der Waals surface area contributed by atoms with Crippen molar-refractivity contribution in [2.45, 2.75) is 26.8 Å². The van der Waals surface area contributed by atoms with Crippen LogP contribution in [-0.4, -0.2) is 35.8 Å². The van der Waals surface area contributed by atoms with Gasteiger partial charge in [0.15, 0.2) is 0 Å². The minimum absolute atomic E-state index is 0. The molecular weight excluding hydrogens is 278 g/mol. The molecule has 112 valence electrons. The van der Waals surface area contributed by atoms with Gasteiger partial charge in [-0.05, 0) is 39.0 Å². The normalized spacial score (nSPS) is 11.2. The van der Waals surface area contributed by atoms with Gasteiger partial charge in [-0.15, -0.1) is 12.4 Å². The van der Waals surface area contributed by atoms with Crippen LogP contribution in [0.25, 0.3) is 0 Å². The van der Waals surface area contributed by atoms with Gasteiger partial charge < -0.3 is 16.0 Å². The smallest absolute Gasteiger partial charge is 0.253 e. The van der Waals surface area contributed by atoms with Gasteiger partial charge in [-0.25, -0.2) is 0 Å². The molecule has 0 saturated heterocycles. The zero-order chi connectivity index (χ0) is 14.4. The Morgan fingerprint density at radius 1 is 1.30 bits per heavy atom. The molecule has 0 heterocycles. The van der Waals surface area contributed by atoms with Gasteiger partial charge in [0, 0.05) is 24.3 Å². The molecule has 0 aliphatic carbocycles. The summed E-state index contributed by atoms with van der Waals surface area (Å²) in [5.41, 5.74) is 6.63. The number of amides is 2. The number of anilines is 1. The molecule has 0 aromatic heterocycles. The number of halogens is 1. The minimum atomic E-state index is -0.581. The Bertz CT molecular complexity index is 459. The van der Waals surface area contributed by atoms with Crippen molar-refractivity contribution in [2.75, 3.05) is 18.4 Å². The summed E-state index contributed by atoms with van der Waals surface area (Å²) in [4.78, 5) is 25.4. The fourth-order valence-corrected chi connectivity index (χ4v) is 1.68. The van der Waals surface area contributed by atoms with E-state index >= 15 is 0 Å². The predicted molar refractivity (Wildman–Crippen MR) is 83.2 cm³/mol. The van der Waals surface area contributed by atoms with Crippen molar-refractivity contribution in [2.24, 2.45) is 5.73 Å². The van der Waals surface area contributed by atoms with Crippen molar-refractivity contribution in [1.29, 1.82) is 0 Å². The maximum Gasteiger partial charge on any atom is 0.253 e. The van der Waals surface area contributed by atoms with Gasteiger partial charge in [-0.2, -0.15) is 0 Å². The molecule has 6 heteroatoms. The number of rotatable bonds is 5. The molecule has 0 fully saturated rings. The van der Waals surface area contributed by atoms with Crippen LogP contribution in [0.1, 0.15) is 31.1 Å². The third kappa shape index (κ3) is 4.83. The number of nitrogens with one attached hydrogen (secondary N) is 1. The van der Waals surface area contributed by atoms with Crippen LogP contribution < -0.4 is 11.1 Å². The summed E-state index contributed by atoms with van der Waals surface area (Å²) in [5, 5.41) is 2.68. The summed E-state index contributed by atoms with van der Waals surface area (Å²) < 4.78 is 0. The SMILES string of the molecule is CCN(CC)C(=O)c1cccc(NC(=O)C(C)N)c1.Cl. The zero-order valence-corrected chi connectivity index (χ0v) is 12.9. The highest BCUT2D eigenvalue weighted by Gasteiger charge is 2.13. The fourth-order valence-electron chi connectivity index (χ4n) is 1.68. The monoisotopic (exact) mass is 299 g/mol. The standard InChI is InChI=1S/C14H21N3O2.ClH/c1-4-17(5-2)14(19)11-7-6-8-12(9-11)16-13(18)10(3)15;/h6-10H,4-5,15H2,1-3H3,(H,16,18);1H. The van der Waals surface area contributed by atoms with Crippen molar-refractivity contribution >= 4 is 29.9 Å². The van der Waals surface area contributed by atoms with Gasteiger partial charge in [0.1, 0.15) is 0 Å². The molecular formula is C14H22ClN3O2. The molecule has 0 spiro atoms. The lowest BCUT2D eigenvalue weighted by Gasteiger charge is -2.19. The Morgan fingerprint density at radius 3 is 2.40 bits per heavy atom. The first-order valence-corrected chi connectivity index (χ1v) is 6.45. The minimum Gasteiger partial charge on any atom is -0.339 e. The third-order valence-electron chi connectivity index (χ3n) is 2.84. The van der Waals surface area contributed by atoms with E-state index in [1.54, 1.807) is 36.1 Å². The summed E-state index contributed by atoms with van der Waals surface area (Å²) >= 11 is 0. The van der Waals surface area contributed by atoms with Gasteiger partial charge in [0.2, 0.25) is 5.91 Å². The van der Waals surface area contributed by atoms with E-state index < -0.39 is 6.04 Å².